The second kappa shape index (κ2) is 10.5. The number of oxime groups is 1. The zero-order valence-corrected chi connectivity index (χ0v) is 15.1. The first-order valence-electron chi connectivity index (χ1n) is 8.14. The highest BCUT2D eigenvalue weighted by Crippen LogP contribution is 2.27. The van der Waals surface area contributed by atoms with Gasteiger partial charge in [0.1, 0.15) is 19.0 Å². The summed E-state index contributed by atoms with van der Waals surface area (Å²) in [6.07, 6.45) is 4.25. The van der Waals surface area contributed by atoms with E-state index in [1.165, 1.54) is 19.4 Å². The number of benzene rings is 2. The summed E-state index contributed by atoms with van der Waals surface area (Å²) in [5.41, 5.74) is 1.44. The molecule has 0 atom stereocenters. The molecule has 7 heteroatoms. The maximum atomic E-state index is 11.8. The van der Waals surface area contributed by atoms with Crippen LogP contribution in [-0.2, 0) is 9.53 Å². The molecule has 2 aromatic carbocycles. The van der Waals surface area contributed by atoms with Gasteiger partial charge in [0.15, 0.2) is 11.5 Å². The molecule has 142 valence electrons. The highest BCUT2D eigenvalue weighted by molar-refractivity contribution is 5.87. The largest absolute Gasteiger partial charge is 0.496 e. The average molecular weight is 371 g/mol. The Morgan fingerprint density at radius 1 is 1.04 bits per heavy atom. The van der Waals surface area contributed by atoms with E-state index in [-0.39, 0.29) is 13.2 Å². The van der Waals surface area contributed by atoms with E-state index >= 15 is 0 Å². The van der Waals surface area contributed by atoms with Gasteiger partial charge in [-0.15, -0.1) is 0 Å². The van der Waals surface area contributed by atoms with E-state index in [9.17, 15) is 4.79 Å². The quantitative estimate of drug-likeness (QED) is 0.182. The van der Waals surface area contributed by atoms with Crippen molar-refractivity contribution < 1.29 is 28.9 Å². The minimum atomic E-state index is -0.481. The Kier molecular flexibility index (Phi) is 7.71. The Morgan fingerprint density at radius 2 is 1.81 bits per heavy atom. The van der Waals surface area contributed by atoms with Crippen molar-refractivity contribution in [2.45, 2.75) is 0 Å². The molecular weight excluding hydrogens is 350 g/mol. The van der Waals surface area contributed by atoms with Gasteiger partial charge in [0, 0.05) is 17.2 Å². The molecule has 2 aromatic rings. The number of hydrogen-bond acceptors (Lipinski definition) is 7. The summed E-state index contributed by atoms with van der Waals surface area (Å²) in [4.78, 5) is 11.8. The van der Waals surface area contributed by atoms with Crippen molar-refractivity contribution >= 4 is 18.3 Å². The molecule has 0 unspecified atom stereocenters. The lowest BCUT2D eigenvalue weighted by Gasteiger charge is -2.11. The highest BCUT2D eigenvalue weighted by Gasteiger charge is 2.06. The summed E-state index contributed by atoms with van der Waals surface area (Å²) in [6.45, 7) is 0.246. The van der Waals surface area contributed by atoms with Gasteiger partial charge >= 0.3 is 5.97 Å². The third kappa shape index (κ3) is 6.07. The lowest BCUT2D eigenvalue weighted by atomic mass is 10.2. The second-order valence-electron chi connectivity index (χ2n) is 5.25. The molecule has 0 radical (unpaired) electrons. The van der Waals surface area contributed by atoms with Crippen molar-refractivity contribution in [3.05, 3.63) is 59.7 Å². The minimum absolute atomic E-state index is 0.0815. The number of methoxy groups -OCH3 is 2. The standard InChI is InChI=1S/C20H21NO6/c1-24-17-6-4-3-5-16(17)8-10-20(22)27-12-11-26-18-9-7-15(14-21-23)13-19(18)25-2/h3-10,13-14,23H,11-12H2,1-2H3/b10-8+,21-14+. The lowest BCUT2D eigenvalue weighted by molar-refractivity contribution is -0.138. The minimum Gasteiger partial charge on any atom is -0.496 e. The van der Waals surface area contributed by atoms with Gasteiger partial charge in [-0.3, -0.25) is 0 Å². The van der Waals surface area contributed by atoms with E-state index in [4.69, 9.17) is 24.2 Å². The molecule has 0 aliphatic rings. The van der Waals surface area contributed by atoms with Gasteiger partial charge in [-0.2, -0.15) is 0 Å². The Morgan fingerprint density at radius 3 is 2.56 bits per heavy atom. The summed E-state index contributed by atoms with van der Waals surface area (Å²) >= 11 is 0. The molecule has 0 bridgehead atoms. The smallest absolute Gasteiger partial charge is 0.330 e. The molecule has 27 heavy (non-hydrogen) atoms. The van der Waals surface area contributed by atoms with Crippen molar-refractivity contribution in [1.82, 2.24) is 0 Å². The van der Waals surface area contributed by atoms with Crippen molar-refractivity contribution in [1.29, 1.82) is 0 Å². The summed E-state index contributed by atoms with van der Waals surface area (Å²) in [5, 5.41) is 11.5. The number of ether oxygens (including phenoxy) is 4. The fourth-order valence-corrected chi connectivity index (χ4v) is 2.25. The van der Waals surface area contributed by atoms with Crippen LogP contribution in [0.4, 0.5) is 0 Å². The van der Waals surface area contributed by atoms with E-state index in [0.29, 0.717) is 22.8 Å². The number of hydrogen-bond donors (Lipinski definition) is 1. The van der Waals surface area contributed by atoms with Crippen LogP contribution in [0.25, 0.3) is 6.08 Å². The summed E-state index contributed by atoms with van der Waals surface area (Å²) in [6, 6.07) is 12.4. The first-order valence-corrected chi connectivity index (χ1v) is 8.14. The van der Waals surface area contributed by atoms with Gasteiger partial charge < -0.3 is 24.2 Å². The van der Waals surface area contributed by atoms with Gasteiger partial charge in [-0.25, -0.2) is 4.79 Å². The number of rotatable bonds is 9. The molecule has 0 amide bonds. The van der Waals surface area contributed by atoms with Crippen LogP contribution in [0.15, 0.2) is 53.7 Å². The molecule has 0 aromatic heterocycles. The van der Waals surface area contributed by atoms with E-state index in [1.807, 2.05) is 24.3 Å². The van der Waals surface area contributed by atoms with Gasteiger partial charge in [-0.1, -0.05) is 23.4 Å². The van der Waals surface area contributed by atoms with Crippen molar-refractivity contribution in [3.63, 3.8) is 0 Å². The number of carbonyl (C=O) groups excluding carboxylic acids is 1. The molecule has 1 N–H and O–H groups in total. The molecular formula is C20H21NO6. The third-order valence-electron chi connectivity index (χ3n) is 3.52. The number of para-hydroxylation sites is 1. The predicted molar refractivity (Wildman–Crippen MR) is 101 cm³/mol. The number of carbonyl (C=O) groups is 1. The Bertz CT molecular complexity index is 816. The second-order valence-corrected chi connectivity index (χ2v) is 5.25. The van der Waals surface area contributed by atoms with E-state index in [0.717, 1.165) is 5.56 Å². The predicted octanol–water partition coefficient (Wildman–Crippen LogP) is 3.15. The van der Waals surface area contributed by atoms with Gasteiger partial charge in [0.25, 0.3) is 0 Å². The van der Waals surface area contributed by atoms with E-state index in [2.05, 4.69) is 5.16 Å². The molecule has 0 spiro atoms. The lowest BCUT2D eigenvalue weighted by Crippen LogP contribution is -2.10. The van der Waals surface area contributed by atoms with Gasteiger partial charge in [0.05, 0.1) is 20.4 Å². The molecule has 0 fully saturated rings. The van der Waals surface area contributed by atoms with E-state index in [1.54, 1.807) is 31.4 Å². The van der Waals surface area contributed by atoms with Crippen LogP contribution in [-0.4, -0.2) is 44.8 Å². The maximum Gasteiger partial charge on any atom is 0.330 e. The highest BCUT2D eigenvalue weighted by atomic mass is 16.6. The molecule has 0 aliphatic heterocycles. The SMILES string of the molecule is COc1ccccc1/C=C/C(=O)OCCOc1ccc(/C=N/O)cc1OC. The normalized spacial score (nSPS) is 10.9. The maximum absolute atomic E-state index is 11.8. The van der Waals surface area contributed by atoms with Crippen molar-refractivity contribution in [2.24, 2.45) is 5.16 Å². The molecule has 0 heterocycles. The van der Waals surface area contributed by atoms with Gasteiger partial charge in [-0.05, 0) is 30.3 Å². The third-order valence-corrected chi connectivity index (χ3v) is 3.52. The molecule has 0 aliphatic carbocycles. The van der Waals surface area contributed by atoms with Crippen LogP contribution in [0, 0.1) is 0 Å². The first kappa shape index (κ1) is 19.8. The monoisotopic (exact) mass is 371 g/mol. The average Bonchev–Trinajstić information content (AvgIpc) is 2.70. The van der Waals surface area contributed by atoms with E-state index < -0.39 is 5.97 Å². The van der Waals surface area contributed by atoms with Crippen LogP contribution >= 0.6 is 0 Å². The zero-order valence-electron chi connectivity index (χ0n) is 15.1. The Balaban J connectivity index is 1.82. The summed E-state index contributed by atoms with van der Waals surface area (Å²) in [5.74, 6) is 1.17. The van der Waals surface area contributed by atoms with Crippen LogP contribution in [0.3, 0.4) is 0 Å². The zero-order chi connectivity index (χ0) is 19.5. The van der Waals surface area contributed by atoms with Crippen LogP contribution in [0.5, 0.6) is 17.2 Å². The van der Waals surface area contributed by atoms with Crippen LogP contribution in [0.2, 0.25) is 0 Å². The fourth-order valence-electron chi connectivity index (χ4n) is 2.25. The Hall–Kier alpha value is -3.48. The molecule has 7 nitrogen and oxygen atoms in total. The Labute approximate surface area is 157 Å². The molecule has 0 saturated carbocycles. The fraction of sp³-hybridized carbons (Fsp3) is 0.200. The number of nitrogens with zero attached hydrogens (tertiary/aromatic N) is 1. The van der Waals surface area contributed by atoms with Crippen molar-refractivity contribution in [3.8, 4) is 17.2 Å². The molecule has 2 rings (SSSR count). The summed E-state index contributed by atoms with van der Waals surface area (Å²) in [7, 11) is 3.07. The van der Waals surface area contributed by atoms with Crippen molar-refractivity contribution in [2.75, 3.05) is 27.4 Å². The van der Waals surface area contributed by atoms with Gasteiger partial charge in [0.2, 0.25) is 0 Å². The first-order chi connectivity index (χ1) is 13.2. The van der Waals surface area contributed by atoms with Crippen LogP contribution < -0.4 is 14.2 Å². The summed E-state index contributed by atoms with van der Waals surface area (Å²) < 4.78 is 21.1. The number of esters is 1. The molecule has 0 saturated heterocycles. The van der Waals surface area contributed by atoms with Crippen LogP contribution in [0.1, 0.15) is 11.1 Å². The topological polar surface area (TPSA) is 86.6 Å².